The van der Waals surface area contributed by atoms with Crippen molar-refractivity contribution in [3.05, 3.63) is 22.5 Å². The van der Waals surface area contributed by atoms with E-state index in [0.717, 1.165) is 29.1 Å². The quantitative estimate of drug-likeness (QED) is 0.886. The van der Waals surface area contributed by atoms with E-state index in [2.05, 4.69) is 15.4 Å². The van der Waals surface area contributed by atoms with E-state index < -0.39 is 5.97 Å². The summed E-state index contributed by atoms with van der Waals surface area (Å²) in [5.41, 5.74) is 2.32. The fraction of sp³-hybridized carbons (Fsp3) is 0.364. The second kappa shape index (κ2) is 4.77. The SMILES string of the molecule is CCc1nn(C)cc1Nc1nc(C)c(C(=O)O)s1. The molecule has 0 bridgehead atoms. The third kappa shape index (κ3) is 2.35. The Morgan fingerprint density at radius 1 is 1.61 bits per heavy atom. The van der Waals surface area contributed by atoms with Crippen molar-refractivity contribution in [1.29, 1.82) is 0 Å². The average molecular weight is 266 g/mol. The van der Waals surface area contributed by atoms with Crippen molar-refractivity contribution in [3.8, 4) is 0 Å². The van der Waals surface area contributed by atoms with E-state index in [9.17, 15) is 4.79 Å². The monoisotopic (exact) mass is 266 g/mol. The first kappa shape index (κ1) is 12.6. The maximum absolute atomic E-state index is 10.9. The Morgan fingerprint density at radius 3 is 2.89 bits per heavy atom. The first-order chi connectivity index (χ1) is 8.51. The van der Waals surface area contributed by atoms with Crippen LogP contribution in [0, 0.1) is 6.92 Å². The second-order valence-electron chi connectivity index (χ2n) is 3.88. The lowest BCUT2D eigenvalue weighted by atomic mass is 10.3. The molecule has 0 atom stereocenters. The zero-order chi connectivity index (χ0) is 13.3. The van der Waals surface area contributed by atoms with Gasteiger partial charge in [0.25, 0.3) is 0 Å². The molecule has 0 aliphatic carbocycles. The minimum atomic E-state index is -0.944. The molecule has 6 nitrogen and oxygen atoms in total. The van der Waals surface area contributed by atoms with E-state index in [-0.39, 0.29) is 4.88 Å². The molecule has 2 aromatic rings. The highest BCUT2D eigenvalue weighted by atomic mass is 32.1. The number of aromatic carboxylic acids is 1. The largest absolute Gasteiger partial charge is 0.477 e. The van der Waals surface area contributed by atoms with Crippen molar-refractivity contribution in [3.63, 3.8) is 0 Å². The van der Waals surface area contributed by atoms with Gasteiger partial charge in [0.15, 0.2) is 5.13 Å². The van der Waals surface area contributed by atoms with E-state index in [1.54, 1.807) is 11.6 Å². The molecule has 0 aromatic carbocycles. The molecule has 0 saturated heterocycles. The average Bonchev–Trinajstić information content (AvgIpc) is 2.82. The smallest absolute Gasteiger partial charge is 0.347 e. The molecule has 0 spiro atoms. The maximum atomic E-state index is 10.9. The number of carbonyl (C=O) groups is 1. The van der Waals surface area contributed by atoms with Crippen molar-refractivity contribution in [2.75, 3.05) is 5.32 Å². The van der Waals surface area contributed by atoms with E-state index in [0.29, 0.717) is 10.8 Å². The van der Waals surface area contributed by atoms with Gasteiger partial charge >= 0.3 is 5.97 Å². The number of aryl methyl sites for hydroxylation is 3. The van der Waals surface area contributed by atoms with Crippen molar-refractivity contribution >= 4 is 28.1 Å². The number of thiazole rings is 1. The van der Waals surface area contributed by atoms with Crippen LogP contribution in [0.15, 0.2) is 6.20 Å². The van der Waals surface area contributed by atoms with E-state index in [1.165, 1.54) is 0 Å². The molecule has 2 rings (SSSR count). The molecule has 0 saturated carbocycles. The summed E-state index contributed by atoms with van der Waals surface area (Å²) in [6, 6.07) is 0. The Kier molecular flexibility index (Phi) is 3.33. The van der Waals surface area contributed by atoms with Crippen molar-refractivity contribution in [1.82, 2.24) is 14.8 Å². The Labute approximate surface area is 108 Å². The summed E-state index contributed by atoms with van der Waals surface area (Å²) in [5, 5.41) is 17.0. The minimum Gasteiger partial charge on any atom is -0.477 e. The summed E-state index contributed by atoms with van der Waals surface area (Å²) in [6.45, 7) is 3.71. The zero-order valence-electron chi connectivity index (χ0n) is 10.4. The van der Waals surface area contributed by atoms with Crippen LogP contribution in [0.5, 0.6) is 0 Å². The Morgan fingerprint density at radius 2 is 2.33 bits per heavy atom. The molecule has 0 radical (unpaired) electrons. The second-order valence-corrected chi connectivity index (χ2v) is 4.88. The van der Waals surface area contributed by atoms with Gasteiger partial charge in [0.2, 0.25) is 0 Å². The normalized spacial score (nSPS) is 10.6. The Hall–Kier alpha value is -1.89. The Balaban J connectivity index is 2.28. The predicted octanol–water partition coefficient (Wildman–Crippen LogP) is 2.19. The molecule has 0 aliphatic heterocycles. The molecule has 0 fully saturated rings. The summed E-state index contributed by atoms with van der Waals surface area (Å²) >= 11 is 1.13. The van der Waals surface area contributed by atoms with Crippen LogP contribution in [0.3, 0.4) is 0 Å². The Bertz CT molecular complexity index is 588. The molecular formula is C11H14N4O2S. The van der Waals surface area contributed by atoms with E-state index >= 15 is 0 Å². The topological polar surface area (TPSA) is 80.0 Å². The maximum Gasteiger partial charge on any atom is 0.347 e. The van der Waals surface area contributed by atoms with Gasteiger partial charge in [-0.15, -0.1) is 0 Å². The van der Waals surface area contributed by atoms with Crippen molar-refractivity contribution < 1.29 is 9.90 Å². The standard InChI is InChI=1S/C11H14N4O2S/c1-4-7-8(5-15(3)14-7)13-11-12-6(2)9(18-11)10(16)17/h5H,4H2,1-3H3,(H,12,13)(H,16,17). The van der Waals surface area contributed by atoms with Gasteiger partial charge in [0, 0.05) is 13.2 Å². The minimum absolute atomic E-state index is 0.263. The first-order valence-corrected chi connectivity index (χ1v) is 6.33. The third-order valence-electron chi connectivity index (χ3n) is 2.47. The summed E-state index contributed by atoms with van der Waals surface area (Å²) in [5.74, 6) is -0.944. The molecule has 2 heterocycles. The van der Waals surface area contributed by atoms with Crippen LogP contribution in [0.25, 0.3) is 0 Å². The highest BCUT2D eigenvalue weighted by Crippen LogP contribution is 2.27. The van der Waals surface area contributed by atoms with Gasteiger partial charge in [-0.25, -0.2) is 9.78 Å². The van der Waals surface area contributed by atoms with Gasteiger partial charge in [-0.05, 0) is 13.3 Å². The van der Waals surface area contributed by atoms with Crippen LogP contribution in [0.2, 0.25) is 0 Å². The van der Waals surface area contributed by atoms with E-state index in [1.807, 2.05) is 20.2 Å². The number of nitrogens with zero attached hydrogens (tertiary/aromatic N) is 3. The fourth-order valence-corrected chi connectivity index (χ4v) is 2.48. The number of anilines is 2. The van der Waals surface area contributed by atoms with Gasteiger partial charge in [-0.2, -0.15) is 5.10 Å². The summed E-state index contributed by atoms with van der Waals surface area (Å²) < 4.78 is 1.72. The summed E-state index contributed by atoms with van der Waals surface area (Å²) in [6.07, 6.45) is 2.66. The number of rotatable bonds is 4. The van der Waals surface area contributed by atoms with Crippen molar-refractivity contribution in [2.45, 2.75) is 20.3 Å². The molecule has 2 N–H and O–H groups in total. The van der Waals surface area contributed by atoms with Crippen LogP contribution < -0.4 is 5.32 Å². The molecule has 0 unspecified atom stereocenters. The number of nitrogens with one attached hydrogen (secondary N) is 1. The molecular weight excluding hydrogens is 252 g/mol. The van der Waals surface area contributed by atoms with Crippen LogP contribution >= 0.6 is 11.3 Å². The van der Waals surface area contributed by atoms with E-state index in [4.69, 9.17) is 5.11 Å². The number of carboxylic acids is 1. The lowest BCUT2D eigenvalue weighted by molar-refractivity contribution is 0.0701. The predicted molar refractivity (Wildman–Crippen MR) is 69.7 cm³/mol. The molecule has 0 amide bonds. The van der Waals surface area contributed by atoms with Crippen LogP contribution in [0.4, 0.5) is 10.8 Å². The molecule has 7 heteroatoms. The number of aromatic nitrogens is 3. The van der Waals surface area contributed by atoms with Crippen LogP contribution in [0.1, 0.15) is 28.0 Å². The van der Waals surface area contributed by atoms with Gasteiger partial charge in [-0.1, -0.05) is 18.3 Å². The third-order valence-corrected chi connectivity index (χ3v) is 3.53. The number of hydrogen-bond donors (Lipinski definition) is 2. The summed E-state index contributed by atoms with van der Waals surface area (Å²) in [7, 11) is 1.85. The number of hydrogen-bond acceptors (Lipinski definition) is 5. The molecule has 96 valence electrons. The molecule has 0 aliphatic rings. The molecule has 18 heavy (non-hydrogen) atoms. The van der Waals surface area contributed by atoms with Crippen LogP contribution in [-0.4, -0.2) is 25.8 Å². The molecule has 2 aromatic heterocycles. The fourth-order valence-electron chi connectivity index (χ4n) is 1.66. The highest BCUT2D eigenvalue weighted by molar-refractivity contribution is 7.17. The number of carboxylic acid groups (broad SMARTS) is 1. The van der Waals surface area contributed by atoms with Crippen molar-refractivity contribution in [2.24, 2.45) is 7.05 Å². The lowest BCUT2D eigenvalue weighted by Crippen LogP contribution is -1.94. The van der Waals surface area contributed by atoms with Crippen LogP contribution in [-0.2, 0) is 13.5 Å². The van der Waals surface area contributed by atoms with Gasteiger partial charge in [-0.3, -0.25) is 4.68 Å². The highest BCUT2D eigenvalue weighted by Gasteiger charge is 2.15. The zero-order valence-corrected chi connectivity index (χ0v) is 11.2. The van der Waals surface area contributed by atoms with Gasteiger partial charge in [0.05, 0.1) is 17.1 Å². The van der Waals surface area contributed by atoms with Gasteiger partial charge < -0.3 is 10.4 Å². The summed E-state index contributed by atoms with van der Waals surface area (Å²) in [4.78, 5) is 15.4. The first-order valence-electron chi connectivity index (χ1n) is 5.51. The van der Waals surface area contributed by atoms with Gasteiger partial charge in [0.1, 0.15) is 4.88 Å². The lowest BCUT2D eigenvalue weighted by Gasteiger charge is -1.99.